The highest BCUT2D eigenvalue weighted by Crippen LogP contribution is 2.49. The number of allylic oxidation sites excluding steroid dienone is 5. The molecule has 396 valence electrons. The predicted octanol–water partition coefficient (Wildman–Crippen LogP) is 9.28. The average Bonchev–Trinajstić information content (AvgIpc) is 4.05. The first-order valence-electron chi connectivity index (χ1n) is 25.7. The van der Waals surface area contributed by atoms with Crippen molar-refractivity contribution in [1.29, 1.82) is 0 Å². The third-order valence-electron chi connectivity index (χ3n) is 12.1. The Labute approximate surface area is 406 Å². The Morgan fingerprint density at radius 2 is 1.03 bits per heavy atom. The van der Waals surface area contributed by atoms with Crippen LogP contribution < -0.4 is 0 Å². The molecule has 10 atom stereocenters. The van der Waals surface area contributed by atoms with Crippen LogP contribution in [-0.4, -0.2) is 115 Å². The molecule has 1 aliphatic carbocycles. The summed E-state index contributed by atoms with van der Waals surface area (Å²) >= 11 is 0. The molecule has 1 saturated heterocycles. The van der Waals surface area contributed by atoms with Gasteiger partial charge < -0.3 is 49.3 Å². The Balaban J connectivity index is 1.78. The molecule has 1 aliphatic heterocycles. The van der Waals surface area contributed by atoms with Gasteiger partial charge in [0.25, 0.3) is 0 Å². The van der Waals surface area contributed by atoms with Crippen molar-refractivity contribution in [2.24, 2.45) is 0 Å². The fourth-order valence-corrected chi connectivity index (χ4v) is 9.59. The van der Waals surface area contributed by atoms with Gasteiger partial charge in [0.1, 0.15) is 43.2 Å². The van der Waals surface area contributed by atoms with E-state index in [0.29, 0.717) is 31.5 Å². The summed E-state index contributed by atoms with van der Waals surface area (Å²) in [5, 5.41) is 41.3. The smallest absolute Gasteiger partial charge is 0.462 e. The van der Waals surface area contributed by atoms with Crippen LogP contribution in [0.1, 0.15) is 194 Å². The maximum atomic E-state index is 13.0. The summed E-state index contributed by atoms with van der Waals surface area (Å²) in [7, 11) is -10.7. The molecule has 0 radical (unpaired) electrons. The minimum Gasteiger partial charge on any atom is -0.462 e. The number of phosphoric ester groups is 2. The van der Waals surface area contributed by atoms with Crippen LogP contribution in [0, 0.1) is 0 Å². The first-order valence-corrected chi connectivity index (χ1v) is 28.7. The Hall–Kier alpha value is -1.82. The number of carbonyl (C=O) groups excluding carboxylic acids is 2. The molecule has 7 unspecified atom stereocenters. The Morgan fingerprint density at radius 1 is 0.544 bits per heavy atom. The van der Waals surface area contributed by atoms with Crippen LogP contribution in [0.5, 0.6) is 0 Å². The summed E-state index contributed by atoms with van der Waals surface area (Å²) in [5.41, 5.74) is 0. The second-order valence-corrected chi connectivity index (χ2v) is 20.9. The molecule has 19 heteroatoms. The number of esters is 2. The lowest BCUT2D eigenvalue weighted by Gasteiger charge is -2.43. The first-order chi connectivity index (χ1) is 32.6. The highest BCUT2D eigenvalue weighted by atomic mass is 31.2. The molecule has 0 aromatic rings. The summed E-state index contributed by atoms with van der Waals surface area (Å²) in [6.07, 6.45) is 27.0. The van der Waals surface area contributed by atoms with Gasteiger partial charge in [0.15, 0.2) is 6.10 Å². The zero-order chi connectivity index (χ0) is 50.0. The number of epoxide rings is 1. The highest BCUT2D eigenvalue weighted by molar-refractivity contribution is 7.47. The number of carbonyl (C=O) groups is 2. The van der Waals surface area contributed by atoms with Crippen LogP contribution in [-0.2, 0) is 46.5 Å². The molecule has 1 heterocycles. The van der Waals surface area contributed by atoms with Crippen molar-refractivity contribution in [3.05, 3.63) is 36.5 Å². The minimum absolute atomic E-state index is 0.0340. The number of aliphatic hydroxyl groups excluding tert-OH is 4. The predicted molar refractivity (Wildman–Crippen MR) is 259 cm³/mol. The molecule has 2 fully saturated rings. The summed E-state index contributed by atoms with van der Waals surface area (Å²) in [5.74, 6) is -1.27. The van der Waals surface area contributed by atoms with E-state index in [-0.39, 0.29) is 12.8 Å². The van der Waals surface area contributed by atoms with Gasteiger partial charge in [-0.15, -0.1) is 0 Å². The number of ether oxygens (including phenoxy) is 3. The topological polar surface area (TPSA) is 269 Å². The zero-order valence-electron chi connectivity index (χ0n) is 41.0. The number of phosphoric acid groups is 2. The van der Waals surface area contributed by atoms with Crippen molar-refractivity contribution in [2.75, 3.05) is 13.2 Å². The van der Waals surface area contributed by atoms with E-state index >= 15 is 0 Å². The number of aliphatic hydroxyl groups is 4. The van der Waals surface area contributed by atoms with Crippen LogP contribution in [0.4, 0.5) is 0 Å². The van der Waals surface area contributed by atoms with E-state index in [2.05, 4.69) is 42.7 Å². The van der Waals surface area contributed by atoms with Crippen LogP contribution in [0.2, 0.25) is 0 Å². The lowest BCUT2D eigenvalue weighted by Crippen LogP contribution is -2.64. The van der Waals surface area contributed by atoms with E-state index in [0.717, 1.165) is 51.4 Å². The molecule has 68 heavy (non-hydrogen) atoms. The quantitative estimate of drug-likeness (QED) is 0.00987. The van der Waals surface area contributed by atoms with Crippen molar-refractivity contribution >= 4 is 27.6 Å². The Bertz CT molecular complexity index is 1520. The van der Waals surface area contributed by atoms with Gasteiger partial charge in [-0.25, -0.2) is 9.13 Å². The van der Waals surface area contributed by atoms with Crippen LogP contribution >= 0.6 is 15.6 Å². The second-order valence-electron chi connectivity index (χ2n) is 18.3. The average molecular weight is 1010 g/mol. The molecule has 0 bridgehead atoms. The fraction of sp³-hybridized carbons (Fsp3) is 0.837. The molecule has 0 spiro atoms. The molecule has 1 saturated carbocycles. The van der Waals surface area contributed by atoms with E-state index in [1.807, 2.05) is 12.2 Å². The van der Waals surface area contributed by atoms with Gasteiger partial charge in [-0.3, -0.25) is 23.2 Å². The van der Waals surface area contributed by atoms with Gasteiger partial charge in [-0.2, -0.15) is 0 Å². The molecule has 7 N–H and O–H groups in total. The molecule has 17 nitrogen and oxygen atoms in total. The highest BCUT2D eigenvalue weighted by Gasteiger charge is 2.54. The number of rotatable bonds is 42. The number of hydrogen-bond donors (Lipinski definition) is 7. The van der Waals surface area contributed by atoms with Crippen molar-refractivity contribution in [1.82, 2.24) is 0 Å². The van der Waals surface area contributed by atoms with Gasteiger partial charge in [0.2, 0.25) is 0 Å². The molecular weight excluding hydrogens is 922 g/mol. The maximum Gasteiger partial charge on any atom is 0.472 e. The third-order valence-corrected chi connectivity index (χ3v) is 13.6. The number of hydrogen-bond acceptors (Lipinski definition) is 14. The van der Waals surface area contributed by atoms with Crippen molar-refractivity contribution in [3.63, 3.8) is 0 Å². The second kappa shape index (κ2) is 37.0. The van der Waals surface area contributed by atoms with E-state index in [1.165, 1.54) is 96.3 Å². The third kappa shape index (κ3) is 30.1. The summed E-state index contributed by atoms with van der Waals surface area (Å²) < 4.78 is 55.1. The standard InChI is InChI=1S/C49H88O17P2/c1-3-5-7-8-9-10-11-12-13-14-15-16-17-21-24-27-31-35-42(50)61-37-39(38-62-68(59,60)66-49-46(54)44(52)45(53)48(47(49)55)65-67(56,57)58)63-43(51)36-32-28-25-22-19-18-20-23-26-30-34-41-40(64-41)33-29-6-4-2/h18,20,22,25-26,30,39-41,44-49,52-55H,3-17,19,21,23-24,27-29,31-38H2,1-2H3,(H,59,60)(H2,56,57,58)/b20-18-,25-22-,30-26-/t39-,40?,41?,44?,45?,46?,47?,48-,49+/m1/s1. The van der Waals surface area contributed by atoms with Crippen LogP contribution in [0.15, 0.2) is 36.5 Å². The lowest BCUT2D eigenvalue weighted by molar-refractivity contribution is -0.216. The largest absolute Gasteiger partial charge is 0.472 e. The van der Waals surface area contributed by atoms with Crippen LogP contribution in [0.3, 0.4) is 0 Å². The van der Waals surface area contributed by atoms with Gasteiger partial charge in [0, 0.05) is 12.8 Å². The molecule has 0 aromatic heterocycles. The number of unbranched alkanes of at least 4 members (excludes halogenated alkanes) is 19. The van der Waals surface area contributed by atoms with Gasteiger partial charge in [-0.1, -0.05) is 172 Å². The van der Waals surface area contributed by atoms with Crippen molar-refractivity contribution < 1.29 is 81.6 Å². The SMILES string of the molecule is CCCCCCCCCCCCCCCCCCCC(=O)OC[C@H](COP(=O)(O)O[C@H]1C(O)C(O)C(O)[C@@H](OP(=O)(O)O)C1O)OC(=O)CCC/C=C\C/C=C\C/C=C\CC1OC1CCCCC. The summed E-state index contributed by atoms with van der Waals surface area (Å²) in [6.45, 7) is 3.05. The van der Waals surface area contributed by atoms with E-state index in [4.69, 9.17) is 23.3 Å². The van der Waals surface area contributed by atoms with Crippen LogP contribution in [0.25, 0.3) is 0 Å². The van der Waals surface area contributed by atoms with Crippen molar-refractivity contribution in [3.8, 4) is 0 Å². The first kappa shape index (κ1) is 62.3. The normalized spacial score (nSPS) is 24.5. The van der Waals surface area contributed by atoms with Gasteiger partial charge >= 0.3 is 27.6 Å². The summed E-state index contributed by atoms with van der Waals surface area (Å²) in [6, 6.07) is 0. The maximum absolute atomic E-state index is 13.0. The summed E-state index contributed by atoms with van der Waals surface area (Å²) in [4.78, 5) is 54.4. The monoisotopic (exact) mass is 1010 g/mol. The van der Waals surface area contributed by atoms with Gasteiger partial charge in [-0.05, 0) is 44.9 Å². The van der Waals surface area contributed by atoms with Gasteiger partial charge in [0.05, 0.1) is 18.8 Å². The zero-order valence-corrected chi connectivity index (χ0v) is 42.8. The Kier molecular flexibility index (Phi) is 33.9. The molecule has 2 rings (SSSR count). The lowest BCUT2D eigenvalue weighted by atomic mass is 9.85. The minimum atomic E-state index is -5.37. The molecule has 2 aliphatic rings. The fourth-order valence-electron chi connectivity index (χ4n) is 8.05. The van der Waals surface area contributed by atoms with E-state index in [1.54, 1.807) is 0 Å². The van der Waals surface area contributed by atoms with Crippen molar-refractivity contribution in [2.45, 2.75) is 249 Å². The van der Waals surface area contributed by atoms with E-state index in [9.17, 15) is 53.8 Å². The van der Waals surface area contributed by atoms with E-state index < -0.39 is 83.5 Å². The molecular formula is C49H88O17P2. The molecule has 0 aromatic carbocycles. The molecule has 0 amide bonds. The Morgan fingerprint density at radius 3 is 1.59 bits per heavy atom.